The predicted octanol–water partition coefficient (Wildman–Crippen LogP) is 3.43. The molecule has 0 spiro atoms. The van der Waals surface area contributed by atoms with Gasteiger partial charge in [-0.3, -0.25) is 0 Å². The molecule has 1 aliphatic carbocycles. The first-order chi connectivity index (χ1) is 15.5. The minimum atomic E-state index is 0.126. The van der Waals surface area contributed by atoms with Crippen molar-refractivity contribution in [2.75, 3.05) is 25.1 Å². The molecule has 8 nitrogen and oxygen atoms in total. The number of nitrogens with one attached hydrogen (secondary N) is 1. The van der Waals surface area contributed by atoms with Crippen molar-refractivity contribution in [3.8, 4) is 34.1 Å². The van der Waals surface area contributed by atoms with E-state index in [9.17, 15) is 5.11 Å². The largest absolute Gasteiger partial charge is 0.507 e. The van der Waals surface area contributed by atoms with Gasteiger partial charge in [-0.25, -0.2) is 9.97 Å². The molecule has 0 radical (unpaired) electrons. The van der Waals surface area contributed by atoms with Gasteiger partial charge < -0.3 is 20.1 Å². The second-order valence-electron chi connectivity index (χ2n) is 8.96. The molecule has 5 rings (SSSR count). The Bertz CT molecular complexity index is 1100. The Balaban J connectivity index is 1.30. The monoisotopic (exact) mass is 432 g/mol. The topological polar surface area (TPSA) is 96.3 Å². The maximum atomic E-state index is 10.6. The first-order valence-corrected chi connectivity index (χ1v) is 11.1. The van der Waals surface area contributed by atoms with Crippen LogP contribution in [0.2, 0.25) is 0 Å². The molecular weight excluding hydrogens is 404 g/mol. The van der Waals surface area contributed by atoms with Gasteiger partial charge in [0, 0.05) is 41.9 Å². The molecule has 1 atom stereocenters. The third kappa shape index (κ3) is 4.10. The molecule has 2 N–H and O–H groups in total. The van der Waals surface area contributed by atoms with E-state index in [0.717, 1.165) is 30.9 Å². The van der Waals surface area contributed by atoms with Crippen LogP contribution in [0.1, 0.15) is 32.6 Å². The van der Waals surface area contributed by atoms with Gasteiger partial charge in [0.2, 0.25) is 5.88 Å². The summed E-state index contributed by atoms with van der Waals surface area (Å²) in [6, 6.07) is 11.7. The molecule has 1 aliphatic heterocycles. The van der Waals surface area contributed by atoms with Crippen LogP contribution in [-0.4, -0.2) is 57.1 Å². The number of hydrogen-bond acceptors (Lipinski definition) is 8. The summed E-state index contributed by atoms with van der Waals surface area (Å²) >= 11 is 0. The number of nitrogens with zero attached hydrogens (tertiary/aromatic N) is 5. The van der Waals surface area contributed by atoms with Crippen molar-refractivity contribution in [2.24, 2.45) is 0 Å². The Morgan fingerprint density at radius 3 is 2.66 bits per heavy atom. The highest BCUT2D eigenvalue weighted by atomic mass is 16.5. The molecule has 2 aromatic heterocycles. The molecule has 0 amide bonds. The van der Waals surface area contributed by atoms with Gasteiger partial charge in [0.05, 0.1) is 18.5 Å². The molecule has 1 aromatic carbocycles. The van der Waals surface area contributed by atoms with Crippen molar-refractivity contribution in [2.45, 2.75) is 44.2 Å². The Kier molecular flexibility index (Phi) is 5.38. The van der Waals surface area contributed by atoms with Crippen LogP contribution in [0.4, 0.5) is 5.82 Å². The first kappa shape index (κ1) is 20.6. The standard InChI is InChI=1S/C24H28N6O2/c1-24(27-17-4-3-5-17)10-11-30(14-24)22-9-8-19(28-29-22)18-7-6-16(12-21(18)31)20-13-23(32-2)26-15-25-20/h6-9,12-13,15,17,27,31H,3-5,10-11,14H2,1-2H3/t24-/m1/s1. The van der Waals surface area contributed by atoms with Crippen LogP contribution in [-0.2, 0) is 0 Å². The van der Waals surface area contributed by atoms with E-state index in [2.05, 4.69) is 37.3 Å². The van der Waals surface area contributed by atoms with Gasteiger partial charge in [-0.05, 0) is 50.5 Å². The van der Waals surface area contributed by atoms with Crippen LogP contribution in [0.15, 0.2) is 42.7 Å². The lowest BCUT2D eigenvalue weighted by molar-refractivity contribution is 0.253. The van der Waals surface area contributed by atoms with Gasteiger partial charge >= 0.3 is 0 Å². The lowest BCUT2D eigenvalue weighted by Crippen LogP contribution is -2.52. The third-order valence-corrected chi connectivity index (χ3v) is 6.53. The maximum absolute atomic E-state index is 10.6. The number of benzene rings is 1. The first-order valence-electron chi connectivity index (χ1n) is 11.1. The number of methoxy groups -OCH3 is 1. The molecule has 8 heteroatoms. The third-order valence-electron chi connectivity index (χ3n) is 6.53. The van der Waals surface area contributed by atoms with E-state index < -0.39 is 0 Å². The van der Waals surface area contributed by atoms with Crippen molar-refractivity contribution in [3.63, 3.8) is 0 Å². The fourth-order valence-corrected chi connectivity index (χ4v) is 4.47. The number of anilines is 1. The smallest absolute Gasteiger partial charge is 0.216 e. The fraction of sp³-hybridized carbons (Fsp3) is 0.417. The Morgan fingerprint density at radius 2 is 1.97 bits per heavy atom. The molecular formula is C24H28N6O2. The molecule has 32 heavy (non-hydrogen) atoms. The highest BCUT2D eigenvalue weighted by molar-refractivity contribution is 5.73. The zero-order valence-electron chi connectivity index (χ0n) is 18.5. The molecule has 166 valence electrons. The summed E-state index contributed by atoms with van der Waals surface area (Å²) in [5, 5.41) is 23.3. The van der Waals surface area contributed by atoms with Crippen LogP contribution in [0.3, 0.4) is 0 Å². The number of aromatic nitrogens is 4. The number of rotatable bonds is 6. The van der Waals surface area contributed by atoms with E-state index in [-0.39, 0.29) is 11.3 Å². The maximum Gasteiger partial charge on any atom is 0.216 e. The average Bonchev–Trinajstić information content (AvgIpc) is 3.19. The SMILES string of the molecule is COc1cc(-c2ccc(-c3ccc(N4CC[C@@](C)(NC5CCC5)C4)nn3)c(O)c2)ncn1. The van der Waals surface area contributed by atoms with Crippen molar-refractivity contribution in [1.29, 1.82) is 0 Å². The number of phenols is 1. The predicted molar refractivity (Wildman–Crippen MR) is 123 cm³/mol. The van der Waals surface area contributed by atoms with Crippen LogP contribution in [0.25, 0.3) is 22.5 Å². The zero-order valence-corrected chi connectivity index (χ0v) is 18.5. The second kappa shape index (κ2) is 8.35. The van der Waals surface area contributed by atoms with Gasteiger partial charge in [0.1, 0.15) is 12.1 Å². The van der Waals surface area contributed by atoms with Crippen LogP contribution in [0, 0.1) is 0 Å². The molecule has 0 bridgehead atoms. The molecule has 1 saturated carbocycles. The summed E-state index contributed by atoms with van der Waals surface area (Å²) in [6.07, 6.45) is 6.46. The van der Waals surface area contributed by atoms with Crippen molar-refractivity contribution in [1.82, 2.24) is 25.5 Å². The van der Waals surface area contributed by atoms with E-state index in [1.165, 1.54) is 25.6 Å². The van der Waals surface area contributed by atoms with E-state index >= 15 is 0 Å². The Hall–Kier alpha value is -3.26. The number of hydrogen-bond donors (Lipinski definition) is 2. The van der Waals surface area contributed by atoms with Gasteiger partial charge in [-0.2, -0.15) is 0 Å². The summed E-state index contributed by atoms with van der Waals surface area (Å²) in [5.41, 5.74) is 2.84. The highest BCUT2D eigenvalue weighted by Crippen LogP contribution is 2.33. The molecule has 3 aromatic rings. The van der Waals surface area contributed by atoms with E-state index in [4.69, 9.17) is 4.74 Å². The molecule has 2 aliphatic rings. The van der Waals surface area contributed by atoms with E-state index in [1.54, 1.807) is 19.2 Å². The normalized spacial score (nSPS) is 20.9. The number of ether oxygens (including phenoxy) is 1. The van der Waals surface area contributed by atoms with E-state index in [0.29, 0.717) is 28.9 Å². The van der Waals surface area contributed by atoms with Crippen molar-refractivity contribution >= 4 is 5.82 Å². The fourth-order valence-electron chi connectivity index (χ4n) is 4.47. The second-order valence-corrected chi connectivity index (χ2v) is 8.96. The van der Waals surface area contributed by atoms with Crippen LogP contribution < -0.4 is 15.0 Å². The minimum absolute atomic E-state index is 0.126. The summed E-state index contributed by atoms with van der Waals surface area (Å²) in [4.78, 5) is 10.6. The zero-order chi connectivity index (χ0) is 22.1. The summed E-state index contributed by atoms with van der Waals surface area (Å²) < 4.78 is 5.15. The van der Waals surface area contributed by atoms with Gasteiger partial charge in [0.25, 0.3) is 0 Å². The summed E-state index contributed by atoms with van der Waals surface area (Å²) in [6.45, 7) is 4.20. The quantitative estimate of drug-likeness (QED) is 0.612. The molecule has 3 heterocycles. The lowest BCUT2D eigenvalue weighted by atomic mass is 9.89. The molecule has 0 unspecified atom stereocenters. The van der Waals surface area contributed by atoms with Crippen molar-refractivity contribution in [3.05, 3.63) is 42.7 Å². The van der Waals surface area contributed by atoms with Crippen LogP contribution >= 0.6 is 0 Å². The average molecular weight is 433 g/mol. The van der Waals surface area contributed by atoms with Gasteiger partial charge in [-0.1, -0.05) is 12.5 Å². The molecule has 1 saturated heterocycles. The van der Waals surface area contributed by atoms with E-state index in [1.807, 2.05) is 24.3 Å². The van der Waals surface area contributed by atoms with Gasteiger partial charge in [-0.15, -0.1) is 10.2 Å². The van der Waals surface area contributed by atoms with Gasteiger partial charge in [0.15, 0.2) is 5.82 Å². The Morgan fingerprint density at radius 1 is 1.09 bits per heavy atom. The Labute approximate surface area is 187 Å². The summed E-state index contributed by atoms with van der Waals surface area (Å²) in [5.74, 6) is 1.47. The highest BCUT2D eigenvalue weighted by Gasteiger charge is 2.37. The molecule has 2 fully saturated rings. The van der Waals surface area contributed by atoms with Crippen LogP contribution in [0.5, 0.6) is 11.6 Å². The number of phenolic OH excluding ortho intramolecular Hbond substituents is 1. The van der Waals surface area contributed by atoms with Crippen molar-refractivity contribution < 1.29 is 9.84 Å². The lowest BCUT2D eigenvalue weighted by Gasteiger charge is -2.36. The minimum Gasteiger partial charge on any atom is -0.507 e. The summed E-state index contributed by atoms with van der Waals surface area (Å²) in [7, 11) is 1.56. The number of aromatic hydroxyl groups is 1.